The highest BCUT2D eigenvalue weighted by Gasteiger charge is 2.14. The van der Waals surface area contributed by atoms with E-state index < -0.39 is 0 Å². The number of rotatable bonds is 6. The molecular weight excluding hydrogens is 363 g/mol. The molecule has 27 heavy (non-hydrogen) atoms. The molecule has 0 unspecified atom stereocenters. The Balaban J connectivity index is 1.68. The Bertz CT molecular complexity index is 953. The number of aryl methyl sites for hydroxylation is 2. The number of benzene rings is 2. The minimum absolute atomic E-state index is 0.168. The fourth-order valence-electron chi connectivity index (χ4n) is 2.59. The van der Waals surface area contributed by atoms with E-state index in [1.807, 2.05) is 42.7 Å². The summed E-state index contributed by atoms with van der Waals surface area (Å²) in [6.07, 6.45) is 0. The van der Waals surface area contributed by atoms with Crippen LogP contribution in [0.4, 0.5) is 10.1 Å². The SMILES string of the molecule is CCn1c(SCC(=O)Nc2ccc(C)c(F)c2)nnc1-c1ccc(C)cc1. The summed E-state index contributed by atoms with van der Waals surface area (Å²) in [6.45, 7) is 6.43. The maximum absolute atomic E-state index is 13.6. The van der Waals surface area contributed by atoms with Crippen molar-refractivity contribution in [1.29, 1.82) is 0 Å². The van der Waals surface area contributed by atoms with Crippen LogP contribution in [0.15, 0.2) is 47.6 Å². The van der Waals surface area contributed by atoms with Crippen molar-refractivity contribution in [3.05, 3.63) is 59.4 Å². The molecule has 5 nitrogen and oxygen atoms in total. The van der Waals surface area contributed by atoms with E-state index in [9.17, 15) is 9.18 Å². The van der Waals surface area contributed by atoms with Gasteiger partial charge in [0.05, 0.1) is 5.75 Å². The third-order valence-corrected chi connectivity index (χ3v) is 5.10. The smallest absolute Gasteiger partial charge is 0.234 e. The van der Waals surface area contributed by atoms with Crippen LogP contribution in [0.5, 0.6) is 0 Å². The van der Waals surface area contributed by atoms with Crippen LogP contribution in [0.2, 0.25) is 0 Å². The lowest BCUT2D eigenvalue weighted by Gasteiger charge is -2.08. The molecule has 0 spiro atoms. The van der Waals surface area contributed by atoms with Crippen molar-refractivity contribution < 1.29 is 9.18 Å². The number of amides is 1. The summed E-state index contributed by atoms with van der Waals surface area (Å²) < 4.78 is 15.6. The van der Waals surface area contributed by atoms with E-state index >= 15 is 0 Å². The topological polar surface area (TPSA) is 59.8 Å². The molecule has 0 bridgehead atoms. The summed E-state index contributed by atoms with van der Waals surface area (Å²) in [5.41, 5.74) is 3.16. The van der Waals surface area contributed by atoms with Gasteiger partial charge < -0.3 is 9.88 Å². The third-order valence-electron chi connectivity index (χ3n) is 4.13. The highest BCUT2D eigenvalue weighted by atomic mass is 32.2. The summed E-state index contributed by atoms with van der Waals surface area (Å²) in [6, 6.07) is 12.7. The molecular formula is C20H21FN4OS. The number of carbonyl (C=O) groups excluding carboxylic acids is 1. The molecule has 3 aromatic rings. The standard InChI is InChI=1S/C20H21FN4OS/c1-4-25-19(15-8-5-13(2)6-9-15)23-24-20(25)27-12-18(26)22-16-10-7-14(3)17(21)11-16/h5-11H,4,12H2,1-3H3,(H,22,26). The van der Waals surface area contributed by atoms with Crippen LogP contribution in [0.3, 0.4) is 0 Å². The highest BCUT2D eigenvalue weighted by molar-refractivity contribution is 7.99. The molecule has 0 atom stereocenters. The first-order chi connectivity index (χ1) is 13.0. The van der Waals surface area contributed by atoms with E-state index in [4.69, 9.17) is 0 Å². The van der Waals surface area contributed by atoms with Crippen molar-refractivity contribution in [2.45, 2.75) is 32.5 Å². The summed E-state index contributed by atoms with van der Waals surface area (Å²) in [4.78, 5) is 12.2. The molecule has 0 aliphatic carbocycles. The lowest BCUT2D eigenvalue weighted by Crippen LogP contribution is -2.15. The zero-order valence-corrected chi connectivity index (χ0v) is 16.3. The molecule has 0 radical (unpaired) electrons. The van der Waals surface area contributed by atoms with Gasteiger partial charge >= 0.3 is 0 Å². The Morgan fingerprint density at radius 1 is 1.15 bits per heavy atom. The van der Waals surface area contributed by atoms with Crippen LogP contribution in [-0.2, 0) is 11.3 Å². The van der Waals surface area contributed by atoms with Crippen LogP contribution >= 0.6 is 11.8 Å². The molecule has 0 aliphatic heterocycles. The number of hydrogen-bond donors (Lipinski definition) is 1. The van der Waals surface area contributed by atoms with Gasteiger partial charge in [-0.25, -0.2) is 4.39 Å². The van der Waals surface area contributed by atoms with Gasteiger partial charge in [-0.05, 0) is 38.5 Å². The molecule has 1 N–H and O–H groups in total. The molecule has 0 saturated heterocycles. The van der Waals surface area contributed by atoms with Gasteiger partial charge in [0.25, 0.3) is 0 Å². The van der Waals surface area contributed by atoms with Crippen LogP contribution in [0.25, 0.3) is 11.4 Å². The van der Waals surface area contributed by atoms with E-state index in [1.54, 1.807) is 19.1 Å². The number of nitrogens with zero attached hydrogens (tertiary/aromatic N) is 3. The molecule has 0 saturated carbocycles. The highest BCUT2D eigenvalue weighted by Crippen LogP contribution is 2.24. The van der Waals surface area contributed by atoms with Crippen LogP contribution in [-0.4, -0.2) is 26.4 Å². The minimum Gasteiger partial charge on any atom is -0.325 e. The molecule has 1 aromatic heterocycles. The van der Waals surface area contributed by atoms with Crippen LogP contribution in [0.1, 0.15) is 18.1 Å². The molecule has 0 aliphatic rings. The second-order valence-corrected chi connectivity index (χ2v) is 7.16. The first kappa shape index (κ1) is 19.1. The lowest BCUT2D eigenvalue weighted by atomic mass is 10.1. The molecule has 0 fully saturated rings. The van der Waals surface area contributed by atoms with E-state index in [-0.39, 0.29) is 17.5 Å². The molecule has 2 aromatic carbocycles. The molecule has 3 rings (SSSR count). The maximum Gasteiger partial charge on any atom is 0.234 e. The lowest BCUT2D eigenvalue weighted by molar-refractivity contribution is -0.113. The zero-order valence-electron chi connectivity index (χ0n) is 15.5. The summed E-state index contributed by atoms with van der Waals surface area (Å²) in [5, 5.41) is 11.9. The van der Waals surface area contributed by atoms with Gasteiger partial charge in [0, 0.05) is 17.8 Å². The number of halogens is 1. The van der Waals surface area contributed by atoms with Crippen LogP contribution in [0, 0.1) is 19.7 Å². The summed E-state index contributed by atoms with van der Waals surface area (Å²) in [7, 11) is 0. The summed E-state index contributed by atoms with van der Waals surface area (Å²) in [5.74, 6) is 0.391. The number of hydrogen-bond acceptors (Lipinski definition) is 4. The second kappa shape index (κ2) is 8.35. The average Bonchev–Trinajstić information content (AvgIpc) is 3.06. The van der Waals surface area contributed by atoms with Crippen molar-refractivity contribution in [3.63, 3.8) is 0 Å². The minimum atomic E-state index is -0.339. The van der Waals surface area contributed by atoms with Gasteiger partial charge in [0.1, 0.15) is 5.82 Å². The van der Waals surface area contributed by atoms with Gasteiger partial charge in [-0.2, -0.15) is 0 Å². The molecule has 1 heterocycles. The third kappa shape index (κ3) is 4.54. The fraction of sp³-hybridized carbons (Fsp3) is 0.250. The number of carbonyl (C=O) groups is 1. The van der Waals surface area contributed by atoms with E-state index in [0.717, 1.165) is 11.4 Å². The number of anilines is 1. The van der Waals surface area contributed by atoms with Crippen LogP contribution < -0.4 is 5.32 Å². The number of thioether (sulfide) groups is 1. The molecule has 7 heteroatoms. The van der Waals surface area contributed by atoms with Gasteiger partial charge in [-0.15, -0.1) is 10.2 Å². The van der Waals surface area contributed by atoms with E-state index in [1.165, 1.54) is 23.4 Å². The Labute approximate surface area is 162 Å². The van der Waals surface area contributed by atoms with Gasteiger partial charge in [0.15, 0.2) is 11.0 Å². The van der Waals surface area contributed by atoms with Crippen molar-refractivity contribution >= 4 is 23.4 Å². The number of aromatic nitrogens is 3. The Hall–Kier alpha value is -2.67. The van der Waals surface area contributed by atoms with Gasteiger partial charge in [-0.1, -0.05) is 47.7 Å². The average molecular weight is 384 g/mol. The van der Waals surface area contributed by atoms with Gasteiger partial charge in [0.2, 0.25) is 5.91 Å². The zero-order chi connectivity index (χ0) is 19.4. The summed E-state index contributed by atoms with van der Waals surface area (Å²) >= 11 is 1.31. The van der Waals surface area contributed by atoms with Crippen molar-refractivity contribution in [1.82, 2.24) is 14.8 Å². The Kier molecular flexibility index (Phi) is 5.91. The predicted octanol–water partition coefficient (Wildman–Crippen LogP) is 4.45. The Morgan fingerprint density at radius 3 is 2.56 bits per heavy atom. The first-order valence-corrected chi connectivity index (χ1v) is 9.65. The van der Waals surface area contributed by atoms with E-state index in [2.05, 4.69) is 15.5 Å². The fourth-order valence-corrected chi connectivity index (χ4v) is 3.40. The largest absolute Gasteiger partial charge is 0.325 e. The number of nitrogens with one attached hydrogen (secondary N) is 1. The van der Waals surface area contributed by atoms with Crippen molar-refractivity contribution in [2.75, 3.05) is 11.1 Å². The maximum atomic E-state index is 13.6. The second-order valence-electron chi connectivity index (χ2n) is 6.22. The Morgan fingerprint density at radius 2 is 1.89 bits per heavy atom. The van der Waals surface area contributed by atoms with Gasteiger partial charge in [-0.3, -0.25) is 4.79 Å². The normalized spacial score (nSPS) is 10.8. The van der Waals surface area contributed by atoms with Crippen molar-refractivity contribution in [3.8, 4) is 11.4 Å². The molecule has 1 amide bonds. The predicted molar refractivity (Wildman–Crippen MR) is 106 cm³/mol. The van der Waals surface area contributed by atoms with E-state index in [0.29, 0.717) is 23.0 Å². The monoisotopic (exact) mass is 384 g/mol. The first-order valence-electron chi connectivity index (χ1n) is 8.67. The quantitative estimate of drug-likeness (QED) is 0.638. The molecule has 140 valence electrons. The van der Waals surface area contributed by atoms with Crippen molar-refractivity contribution in [2.24, 2.45) is 0 Å².